The Kier molecular flexibility index (Phi) is 3.49. The minimum atomic E-state index is -0.177. The Labute approximate surface area is 104 Å². The lowest BCUT2D eigenvalue weighted by molar-refractivity contribution is 0.0934. The first kappa shape index (κ1) is 11.7. The maximum atomic E-state index is 11.8. The first-order valence-electron chi connectivity index (χ1n) is 5.31. The zero-order valence-corrected chi connectivity index (χ0v) is 10.5. The van der Waals surface area contributed by atoms with E-state index in [4.69, 9.17) is 0 Å². The molecule has 0 saturated carbocycles. The van der Waals surface area contributed by atoms with Crippen molar-refractivity contribution >= 4 is 17.2 Å². The predicted molar refractivity (Wildman–Crippen MR) is 67.0 cm³/mol. The topological polar surface area (TPSA) is 54.9 Å². The number of nitrogens with zero attached hydrogens (tertiary/aromatic N) is 2. The van der Waals surface area contributed by atoms with E-state index < -0.39 is 0 Å². The second-order valence-corrected chi connectivity index (χ2v) is 4.76. The van der Waals surface area contributed by atoms with Crippen LogP contribution in [0.3, 0.4) is 0 Å². The summed E-state index contributed by atoms with van der Waals surface area (Å²) >= 11 is 1.58. The number of thiazole rings is 1. The van der Waals surface area contributed by atoms with E-state index in [-0.39, 0.29) is 11.9 Å². The van der Waals surface area contributed by atoms with Crippen molar-refractivity contribution in [2.24, 2.45) is 0 Å². The molecule has 1 N–H and O–H groups in total. The van der Waals surface area contributed by atoms with Gasteiger partial charge in [0, 0.05) is 11.6 Å². The highest BCUT2D eigenvalue weighted by molar-refractivity contribution is 7.09. The van der Waals surface area contributed by atoms with Crippen LogP contribution in [-0.2, 0) is 0 Å². The average molecular weight is 247 g/mol. The van der Waals surface area contributed by atoms with Crippen LogP contribution in [0.5, 0.6) is 0 Å². The molecule has 0 aromatic carbocycles. The van der Waals surface area contributed by atoms with Crippen LogP contribution in [0.4, 0.5) is 0 Å². The van der Waals surface area contributed by atoms with Crippen LogP contribution in [0, 0.1) is 6.92 Å². The van der Waals surface area contributed by atoms with E-state index in [9.17, 15) is 4.79 Å². The number of aromatic nitrogens is 2. The number of nitrogens with one attached hydrogen (secondary N) is 1. The van der Waals surface area contributed by atoms with Crippen molar-refractivity contribution in [1.29, 1.82) is 0 Å². The van der Waals surface area contributed by atoms with Gasteiger partial charge in [0.2, 0.25) is 0 Å². The van der Waals surface area contributed by atoms with Gasteiger partial charge in [-0.05, 0) is 26.0 Å². The van der Waals surface area contributed by atoms with Gasteiger partial charge in [-0.3, -0.25) is 9.78 Å². The normalized spacial score (nSPS) is 12.1. The number of carbonyl (C=O) groups is 1. The van der Waals surface area contributed by atoms with Crippen LogP contribution in [0.15, 0.2) is 29.8 Å². The highest BCUT2D eigenvalue weighted by Gasteiger charge is 2.13. The zero-order chi connectivity index (χ0) is 12.3. The SMILES string of the molecule is Cc1nc(C(C)NC(=O)c2ccccn2)cs1. The third-order valence-corrected chi connectivity index (χ3v) is 3.12. The summed E-state index contributed by atoms with van der Waals surface area (Å²) in [6.45, 7) is 3.86. The Morgan fingerprint density at radius 3 is 2.88 bits per heavy atom. The molecule has 0 aliphatic carbocycles. The van der Waals surface area contributed by atoms with Crippen LogP contribution < -0.4 is 5.32 Å². The average Bonchev–Trinajstić information content (AvgIpc) is 2.77. The molecular weight excluding hydrogens is 234 g/mol. The number of pyridine rings is 1. The Morgan fingerprint density at radius 2 is 2.29 bits per heavy atom. The quantitative estimate of drug-likeness (QED) is 0.905. The van der Waals surface area contributed by atoms with Crippen molar-refractivity contribution in [2.75, 3.05) is 0 Å². The molecule has 2 rings (SSSR count). The maximum absolute atomic E-state index is 11.8. The molecule has 0 saturated heterocycles. The van der Waals surface area contributed by atoms with Crippen molar-refractivity contribution in [3.05, 3.63) is 46.2 Å². The number of carbonyl (C=O) groups excluding carboxylic acids is 1. The molecular formula is C12H13N3OS. The van der Waals surface area contributed by atoms with E-state index in [0.29, 0.717) is 5.69 Å². The van der Waals surface area contributed by atoms with Crippen LogP contribution in [-0.4, -0.2) is 15.9 Å². The van der Waals surface area contributed by atoms with Gasteiger partial charge in [-0.25, -0.2) is 4.98 Å². The summed E-state index contributed by atoms with van der Waals surface area (Å²) in [4.78, 5) is 20.2. The molecule has 0 spiro atoms. The predicted octanol–water partition coefficient (Wildman–Crippen LogP) is 2.34. The van der Waals surface area contributed by atoms with Gasteiger partial charge in [-0.2, -0.15) is 0 Å². The molecule has 1 amide bonds. The molecule has 1 atom stereocenters. The fraction of sp³-hybridized carbons (Fsp3) is 0.250. The molecule has 0 bridgehead atoms. The Hall–Kier alpha value is -1.75. The molecule has 0 radical (unpaired) electrons. The first-order valence-corrected chi connectivity index (χ1v) is 6.18. The van der Waals surface area contributed by atoms with Crippen molar-refractivity contribution in [1.82, 2.24) is 15.3 Å². The number of aryl methyl sites for hydroxylation is 1. The van der Waals surface area contributed by atoms with Gasteiger partial charge in [-0.15, -0.1) is 11.3 Å². The second kappa shape index (κ2) is 5.05. The number of hydrogen-bond acceptors (Lipinski definition) is 4. The summed E-state index contributed by atoms with van der Waals surface area (Å²) in [6.07, 6.45) is 1.60. The summed E-state index contributed by atoms with van der Waals surface area (Å²) in [5.41, 5.74) is 1.31. The van der Waals surface area contributed by atoms with Gasteiger partial charge >= 0.3 is 0 Å². The second-order valence-electron chi connectivity index (χ2n) is 3.70. The van der Waals surface area contributed by atoms with Crippen molar-refractivity contribution in [3.8, 4) is 0 Å². The molecule has 0 aliphatic heterocycles. The monoisotopic (exact) mass is 247 g/mol. The fourth-order valence-corrected chi connectivity index (χ4v) is 2.13. The number of rotatable bonds is 3. The molecule has 17 heavy (non-hydrogen) atoms. The molecule has 5 heteroatoms. The van der Waals surface area contributed by atoms with Crippen LogP contribution >= 0.6 is 11.3 Å². The summed E-state index contributed by atoms with van der Waals surface area (Å²) < 4.78 is 0. The smallest absolute Gasteiger partial charge is 0.270 e. The standard InChI is InChI=1S/C12H13N3OS/c1-8(11-7-17-9(2)15-11)14-12(16)10-5-3-4-6-13-10/h3-8H,1-2H3,(H,14,16). The van der Waals surface area contributed by atoms with Gasteiger partial charge < -0.3 is 5.32 Å². The number of hydrogen-bond donors (Lipinski definition) is 1. The maximum Gasteiger partial charge on any atom is 0.270 e. The lowest BCUT2D eigenvalue weighted by Gasteiger charge is -2.10. The van der Waals surface area contributed by atoms with E-state index in [0.717, 1.165) is 10.7 Å². The van der Waals surface area contributed by atoms with Gasteiger partial charge in [0.1, 0.15) is 5.69 Å². The Balaban J connectivity index is 2.04. The van der Waals surface area contributed by atoms with E-state index in [1.165, 1.54) is 0 Å². The molecule has 2 aromatic heterocycles. The molecule has 1 unspecified atom stereocenters. The lowest BCUT2D eigenvalue weighted by Crippen LogP contribution is -2.27. The van der Waals surface area contributed by atoms with Gasteiger partial charge in [-0.1, -0.05) is 6.07 Å². The largest absolute Gasteiger partial charge is 0.343 e. The molecule has 0 aliphatic rings. The van der Waals surface area contributed by atoms with Gasteiger partial charge in [0.25, 0.3) is 5.91 Å². The summed E-state index contributed by atoms with van der Waals surface area (Å²) in [6, 6.07) is 5.16. The third-order valence-electron chi connectivity index (χ3n) is 2.33. The van der Waals surface area contributed by atoms with Crippen molar-refractivity contribution in [3.63, 3.8) is 0 Å². The minimum absolute atomic E-state index is 0.102. The van der Waals surface area contributed by atoms with Crippen molar-refractivity contribution in [2.45, 2.75) is 19.9 Å². The minimum Gasteiger partial charge on any atom is -0.343 e. The Morgan fingerprint density at radius 1 is 1.47 bits per heavy atom. The van der Waals surface area contributed by atoms with E-state index >= 15 is 0 Å². The molecule has 4 nitrogen and oxygen atoms in total. The summed E-state index contributed by atoms with van der Waals surface area (Å²) in [5, 5.41) is 5.82. The Bertz CT molecular complexity index is 509. The molecule has 0 fully saturated rings. The van der Waals surface area contributed by atoms with Crippen LogP contribution in [0.1, 0.15) is 34.2 Å². The molecule has 2 heterocycles. The van der Waals surface area contributed by atoms with E-state index in [1.54, 1.807) is 35.7 Å². The van der Waals surface area contributed by atoms with Gasteiger partial charge in [0.15, 0.2) is 0 Å². The third kappa shape index (κ3) is 2.88. The summed E-state index contributed by atoms with van der Waals surface area (Å²) in [7, 11) is 0. The summed E-state index contributed by atoms with van der Waals surface area (Å²) in [5.74, 6) is -0.177. The zero-order valence-electron chi connectivity index (χ0n) is 9.68. The highest BCUT2D eigenvalue weighted by atomic mass is 32.1. The first-order chi connectivity index (χ1) is 8.16. The fourth-order valence-electron chi connectivity index (χ4n) is 1.42. The van der Waals surface area contributed by atoms with Crippen molar-refractivity contribution < 1.29 is 4.79 Å². The highest BCUT2D eigenvalue weighted by Crippen LogP contribution is 2.15. The van der Waals surface area contributed by atoms with E-state index in [1.807, 2.05) is 19.2 Å². The van der Waals surface area contributed by atoms with Crippen LogP contribution in [0.25, 0.3) is 0 Å². The lowest BCUT2D eigenvalue weighted by atomic mass is 10.2. The van der Waals surface area contributed by atoms with E-state index in [2.05, 4.69) is 15.3 Å². The van der Waals surface area contributed by atoms with Crippen LogP contribution in [0.2, 0.25) is 0 Å². The van der Waals surface area contributed by atoms with Gasteiger partial charge in [0.05, 0.1) is 16.7 Å². The molecule has 88 valence electrons. The molecule has 2 aromatic rings. The number of amides is 1.